The van der Waals surface area contributed by atoms with Gasteiger partial charge in [0.15, 0.2) is 0 Å². The Morgan fingerprint density at radius 1 is 0.950 bits per heavy atom. The van der Waals surface area contributed by atoms with Crippen molar-refractivity contribution in [3.63, 3.8) is 0 Å². The quantitative estimate of drug-likeness (QED) is 0.695. The molecular weight excluding hydrogens is 250 g/mol. The Morgan fingerprint density at radius 3 is 2.15 bits per heavy atom. The highest BCUT2D eigenvalue weighted by Gasteiger charge is 2.05. The molecule has 0 aliphatic carbocycles. The van der Waals surface area contributed by atoms with E-state index >= 15 is 0 Å². The van der Waals surface area contributed by atoms with Gasteiger partial charge in [0.1, 0.15) is 5.75 Å². The van der Waals surface area contributed by atoms with E-state index in [1.165, 1.54) is 5.56 Å². The molecule has 114 valence electrons. The lowest BCUT2D eigenvalue weighted by Gasteiger charge is -2.16. The molecular formula is C17H29NO2. The smallest absolute Gasteiger partial charge is 0.119 e. The predicted octanol–water partition coefficient (Wildman–Crippen LogP) is 3.94. The summed E-state index contributed by atoms with van der Waals surface area (Å²) in [7, 11) is 0. The summed E-state index contributed by atoms with van der Waals surface area (Å²) >= 11 is 0. The standard InChI is InChI=1S/C17H29NO2/c1-13(2)19-12-6-11-18-15(5)16-7-9-17(10-8-16)20-14(3)4/h7-10,13-15,18H,6,11-12H2,1-5H3. The lowest BCUT2D eigenvalue weighted by atomic mass is 10.1. The summed E-state index contributed by atoms with van der Waals surface area (Å²) in [5, 5.41) is 3.51. The first-order valence-electron chi connectivity index (χ1n) is 7.60. The molecule has 3 nitrogen and oxygen atoms in total. The third-order valence-electron chi connectivity index (χ3n) is 2.97. The summed E-state index contributed by atoms with van der Waals surface area (Å²) in [5.41, 5.74) is 1.28. The third-order valence-corrected chi connectivity index (χ3v) is 2.97. The molecule has 0 aromatic heterocycles. The fourth-order valence-electron chi connectivity index (χ4n) is 1.93. The molecule has 1 aromatic rings. The zero-order valence-electron chi connectivity index (χ0n) is 13.5. The van der Waals surface area contributed by atoms with E-state index in [-0.39, 0.29) is 6.10 Å². The van der Waals surface area contributed by atoms with Crippen LogP contribution in [0.25, 0.3) is 0 Å². The van der Waals surface area contributed by atoms with Gasteiger partial charge in [-0.25, -0.2) is 0 Å². The Labute approximate surface area is 123 Å². The molecule has 0 aliphatic rings. The Morgan fingerprint density at radius 2 is 1.60 bits per heavy atom. The van der Waals surface area contributed by atoms with Gasteiger partial charge in [-0.15, -0.1) is 0 Å². The van der Waals surface area contributed by atoms with Crippen molar-refractivity contribution in [2.24, 2.45) is 0 Å². The van der Waals surface area contributed by atoms with Crippen molar-refractivity contribution in [3.05, 3.63) is 29.8 Å². The number of nitrogens with one attached hydrogen (secondary N) is 1. The molecule has 1 N–H and O–H groups in total. The Hall–Kier alpha value is -1.06. The maximum atomic E-state index is 5.65. The first-order valence-corrected chi connectivity index (χ1v) is 7.60. The van der Waals surface area contributed by atoms with Gasteiger partial charge < -0.3 is 14.8 Å². The van der Waals surface area contributed by atoms with Crippen LogP contribution in [0.1, 0.15) is 52.6 Å². The lowest BCUT2D eigenvalue weighted by molar-refractivity contribution is 0.0768. The second-order valence-electron chi connectivity index (χ2n) is 5.68. The van der Waals surface area contributed by atoms with Gasteiger partial charge in [-0.2, -0.15) is 0 Å². The van der Waals surface area contributed by atoms with Gasteiger partial charge in [0, 0.05) is 12.6 Å². The van der Waals surface area contributed by atoms with Crippen LogP contribution in [-0.4, -0.2) is 25.4 Å². The fraction of sp³-hybridized carbons (Fsp3) is 0.647. The third kappa shape index (κ3) is 6.92. The Kier molecular flexibility index (Phi) is 7.63. The average molecular weight is 279 g/mol. The molecule has 0 saturated heterocycles. The average Bonchev–Trinajstić information content (AvgIpc) is 2.38. The first-order chi connectivity index (χ1) is 9.49. The molecule has 0 heterocycles. The van der Waals surface area contributed by atoms with Crippen molar-refractivity contribution in [1.82, 2.24) is 5.32 Å². The summed E-state index contributed by atoms with van der Waals surface area (Å²) in [4.78, 5) is 0. The minimum atomic E-state index is 0.220. The zero-order chi connectivity index (χ0) is 15.0. The molecule has 20 heavy (non-hydrogen) atoms. The van der Waals surface area contributed by atoms with Gasteiger partial charge in [-0.3, -0.25) is 0 Å². The number of rotatable bonds is 9. The molecule has 0 radical (unpaired) electrons. The van der Waals surface area contributed by atoms with E-state index in [4.69, 9.17) is 9.47 Å². The highest BCUT2D eigenvalue weighted by atomic mass is 16.5. The van der Waals surface area contributed by atoms with Gasteiger partial charge in [0.25, 0.3) is 0 Å². The van der Waals surface area contributed by atoms with E-state index < -0.39 is 0 Å². The van der Waals surface area contributed by atoms with Crippen LogP contribution >= 0.6 is 0 Å². The molecule has 1 rings (SSSR count). The van der Waals surface area contributed by atoms with Crippen molar-refractivity contribution in [3.8, 4) is 5.75 Å². The van der Waals surface area contributed by atoms with Crippen LogP contribution in [0, 0.1) is 0 Å². The number of hydrogen-bond acceptors (Lipinski definition) is 3. The van der Waals surface area contributed by atoms with E-state index in [0.29, 0.717) is 12.1 Å². The topological polar surface area (TPSA) is 30.5 Å². The van der Waals surface area contributed by atoms with Gasteiger partial charge in [0.05, 0.1) is 12.2 Å². The van der Waals surface area contributed by atoms with Crippen LogP contribution < -0.4 is 10.1 Å². The monoisotopic (exact) mass is 279 g/mol. The predicted molar refractivity (Wildman–Crippen MR) is 84.3 cm³/mol. The van der Waals surface area contributed by atoms with E-state index in [2.05, 4.69) is 38.2 Å². The second kappa shape index (κ2) is 8.98. The van der Waals surface area contributed by atoms with E-state index in [1.54, 1.807) is 0 Å². The fourth-order valence-corrected chi connectivity index (χ4v) is 1.93. The van der Waals surface area contributed by atoms with Crippen molar-refractivity contribution in [1.29, 1.82) is 0 Å². The van der Waals surface area contributed by atoms with Crippen molar-refractivity contribution >= 4 is 0 Å². The molecule has 0 amide bonds. The maximum Gasteiger partial charge on any atom is 0.119 e. The Balaban J connectivity index is 2.30. The Bertz CT molecular complexity index is 360. The molecule has 1 unspecified atom stereocenters. The summed E-state index contributed by atoms with van der Waals surface area (Å²) in [6, 6.07) is 8.67. The summed E-state index contributed by atoms with van der Waals surface area (Å²) in [5.74, 6) is 0.932. The summed E-state index contributed by atoms with van der Waals surface area (Å²) in [6.45, 7) is 12.2. The van der Waals surface area contributed by atoms with Gasteiger partial charge in [-0.1, -0.05) is 12.1 Å². The minimum absolute atomic E-state index is 0.220. The molecule has 0 aliphatic heterocycles. The molecule has 0 spiro atoms. The van der Waals surface area contributed by atoms with E-state index in [9.17, 15) is 0 Å². The summed E-state index contributed by atoms with van der Waals surface area (Å²) in [6.07, 6.45) is 1.58. The minimum Gasteiger partial charge on any atom is -0.491 e. The van der Waals surface area contributed by atoms with E-state index in [1.807, 2.05) is 26.0 Å². The SMILES string of the molecule is CC(C)OCCCNC(C)c1ccc(OC(C)C)cc1. The summed E-state index contributed by atoms with van der Waals surface area (Å²) < 4.78 is 11.2. The second-order valence-corrected chi connectivity index (χ2v) is 5.68. The highest BCUT2D eigenvalue weighted by molar-refractivity contribution is 5.29. The van der Waals surface area contributed by atoms with Gasteiger partial charge in [-0.05, 0) is 65.3 Å². The molecule has 1 aromatic carbocycles. The van der Waals surface area contributed by atoms with Gasteiger partial charge >= 0.3 is 0 Å². The van der Waals surface area contributed by atoms with Crippen molar-refractivity contribution < 1.29 is 9.47 Å². The number of ether oxygens (including phenoxy) is 2. The van der Waals surface area contributed by atoms with Crippen LogP contribution in [0.15, 0.2) is 24.3 Å². The highest BCUT2D eigenvalue weighted by Crippen LogP contribution is 2.18. The maximum absolute atomic E-state index is 5.65. The first kappa shape index (κ1) is 17.0. The van der Waals surface area contributed by atoms with Crippen molar-refractivity contribution in [2.75, 3.05) is 13.2 Å². The molecule has 0 fully saturated rings. The van der Waals surface area contributed by atoms with Crippen LogP contribution in [0.3, 0.4) is 0 Å². The van der Waals surface area contributed by atoms with E-state index in [0.717, 1.165) is 25.3 Å². The molecule has 0 saturated carbocycles. The normalized spacial score (nSPS) is 12.9. The van der Waals surface area contributed by atoms with Gasteiger partial charge in [0.2, 0.25) is 0 Å². The largest absolute Gasteiger partial charge is 0.491 e. The zero-order valence-corrected chi connectivity index (χ0v) is 13.5. The van der Waals surface area contributed by atoms with Crippen molar-refractivity contribution in [2.45, 2.75) is 59.3 Å². The van der Waals surface area contributed by atoms with Crippen LogP contribution in [0.2, 0.25) is 0 Å². The molecule has 3 heteroatoms. The van der Waals surface area contributed by atoms with Crippen LogP contribution in [0.5, 0.6) is 5.75 Å². The molecule has 0 bridgehead atoms. The van der Waals surface area contributed by atoms with Crippen LogP contribution in [0.4, 0.5) is 0 Å². The number of benzene rings is 1. The van der Waals surface area contributed by atoms with Crippen LogP contribution in [-0.2, 0) is 4.74 Å². The lowest BCUT2D eigenvalue weighted by Crippen LogP contribution is -2.21. The number of hydrogen-bond donors (Lipinski definition) is 1. The molecule has 1 atom stereocenters.